The second kappa shape index (κ2) is 5.43. The Bertz CT molecular complexity index is 510. The summed E-state index contributed by atoms with van der Waals surface area (Å²) in [5.41, 5.74) is 2.13. The number of hydrogen-bond acceptors (Lipinski definition) is 2. The first-order valence-corrected chi connectivity index (χ1v) is 6.72. The number of carbonyl (C=O) groups excluding carboxylic acids is 1. The quantitative estimate of drug-likeness (QED) is 0.910. The molecule has 4 nitrogen and oxygen atoms in total. The van der Waals surface area contributed by atoms with Gasteiger partial charge < -0.3 is 10.0 Å². The highest BCUT2D eigenvalue weighted by Gasteiger charge is 2.25. The maximum Gasteiger partial charge on any atom is 0.335 e. The maximum absolute atomic E-state index is 12.3. The standard InChI is InChI=1S/C15H19NO3/c1-3-10(2)14(17)16-8-4-5-11-9-12(15(18)19)6-7-13(11)16/h6-7,9-10H,3-5,8H2,1-2H3,(H,18,19)/t10-/m0/s1. The van der Waals surface area contributed by atoms with Gasteiger partial charge in [-0.2, -0.15) is 0 Å². The maximum atomic E-state index is 12.3. The SMILES string of the molecule is CC[C@H](C)C(=O)N1CCCc2cc(C(=O)O)ccc21. The van der Waals surface area contributed by atoms with Crippen molar-refractivity contribution in [2.75, 3.05) is 11.4 Å². The number of fused-ring (bicyclic) bond motifs is 1. The van der Waals surface area contributed by atoms with Gasteiger partial charge in [0.05, 0.1) is 5.56 Å². The number of carboxylic acids is 1. The normalized spacial score (nSPS) is 15.8. The first-order chi connectivity index (χ1) is 9.04. The van der Waals surface area contributed by atoms with Crippen molar-refractivity contribution in [2.45, 2.75) is 33.1 Å². The predicted molar refractivity (Wildman–Crippen MR) is 73.5 cm³/mol. The molecule has 1 amide bonds. The molecule has 4 heteroatoms. The molecule has 0 aliphatic carbocycles. The summed E-state index contributed by atoms with van der Waals surface area (Å²) in [6.45, 7) is 4.66. The summed E-state index contributed by atoms with van der Waals surface area (Å²) >= 11 is 0. The largest absolute Gasteiger partial charge is 0.478 e. The molecule has 0 spiro atoms. The van der Waals surface area contributed by atoms with Crippen LogP contribution >= 0.6 is 0 Å². The number of benzene rings is 1. The molecule has 1 aliphatic rings. The van der Waals surface area contributed by atoms with Crippen molar-refractivity contribution in [2.24, 2.45) is 5.92 Å². The van der Waals surface area contributed by atoms with Crippen LogP contribution in [0.3, 0.4) is 0 Å². The Hall–Kier alpha value is -1.84. The van der Waals surface area contributed by atoms with Crippen molar-refractivity contribution in [3.8, 4) is 0 Å². The lowest BCUT2D eigenvalue weighted by Crippen LogP contribution is -2.38. The van der Waals surface area contributed by atoms with E-state index in [1.165, 1.54) is 0 Å². The summed E-state index contributed by atoms with van der Waals surface area (Å²) < 4.78 is 0. The zero-order chi connectivity index (χ0) is 14.0. The van der Waals surface area contributed by atoms with Gasteiger partial charge in [-0.1, -0.05) is 13.8 Å². The summed E-state index contributed by atoms with van der Waals surface area (Å²) in [5.74, 6) is -0.787. The Balaban J connectivity index is 2.34. The van der Waals surface area contributed by atoms with E-state index in [2.05, 4.69) is 0 Å². The molecule has 1 heterocycles. The molecule has 1 aromatic rings. The van der Waals surface area contributed by atoms with Gasteiger partial charge in [0.2, 0.25) is 5.91 Å². The van der Waals surface area contributed by atoms with Crippen LogP contribution in [0.4, 0.5) is 5.69 Å². The molecule has 0 unspecified atom stereocenters. The molecule has 102 valence electrons. The molecular formula is C15H19NO3. The van der Waals surface area contributed by atoms with Crippen LogP contribution in [0.1, 0.15) is 42.6 Å². The fourth-order valence-electron chi connectivity index (χ4n) is 2.40. The van der Waals surface area contributed by atoms with Crippen LogP contribution in [0.2, 0.25) is 0 Å². The Labute approximate surface area is 113 Å². The minimum absolute atomic E-state index is 0.00472. The fourth-order valence-corrected chi connectivity index (χ4v) is 2.40. The van der Waals surface area contributed by atoms with Crippen molar-refractivity contribution in [3.63, 3.8) is 0 Å². The highest BCUT2D eigenvalue weighted by atomic mass is 16.4. The van der Waals surface area contributed by atoms with Gasteiger partial charge in [-0.25, -0.2) is 4.79 Å². The molecule has 1 aromatic carbocycles. The number of aromatic carboxylic acids is 1. The van der Waals surface area contributed by atoms with Crippen LogP contribution in [0.5, 0.6) is 0 Å². The topological polar surface area (TPSA) is 57.6 Å². The molecular weight excluding hydrogens is 242 g/mol. The zero-order valence-corrected chi connectivity index (χ0v) is 11.3. The second-order valence-corrected chi connectivity index (χ2v) is 5.05. The molecule has 0 saturated heterocycles. The zero-order valence-electron chi connectivity index (χ0n) is 11.3. The van der Waals surface area contributed by atoms with Gasteiger partial charge in [0.1, 0.15) is 0 Å². The lowest BCUT2D eigenvalue weighted by Gasteiger charge is -2.31. The average molecular weight is 261 g/mol. The summed E-state index contributed by atoms with van der Waals surface area (Å²) in [4.78, 5) is 25.1. The molecule has 1 aliphatic heterocycles. The van der Waals surface area contributed by atoms with Crippen LogP contribution in [0, 0.1) is 5.92 Å². The number of carboxylic acid groups (broad SMARTS) is 1. The number of nitrogens with zero attached hydrogens (tertiary/aromatic N) is 1. The first kappa shape index (κ1) is 13.6. The van der Waals surface area contributed by atoms with Crippen molar-refractivity contribution in [3.05, 3.63) is 29.3 Å². The number of aryl methyl sites for hydroxylation is 1. The Morgan fingerprint density at radius 2 is 2.16 bits per heavy atom. The van der Waals surface area contributed by atoms with Crippen LogP contribution in [-0.2, 0) is 11.2 Å². The third kappa shape index (κ3) is 2.62. The Kier molecular flexibility index (Phi) is 3.88. The molecule has 0 bridgehead atoms. The average Bonchev–Trinajstić information content (AvgIpc) is 2.44. The van der Waals surface area contributed by atoms with Gasteiger partial charge in [-0.05, 0) is 43.0 Å². The number of amides is 1. The van der Waals surface area contributed by atoms with E-state index in [0.717, 1.165) is 37.1 Å². The molecule has 19 heavy (non-hydrogen) atoms. The van der Waals surface area contributed by atoms with Gasteiger partial charge >= 0.3 is 5.97 Å². The Morgan fingerprint density at radius 3 is 2.79 bits per heavy atom. The van der Waals surface area contributed by atoms with Gasteiger partial charge in [-0.3, -0.25) is 4.79 Å². The highest BCUT2D eigenvalue weighted by molar-refractivity contribution is 5.97. The van der Waals surface area contributed by atoms with Crippen molar-refractivity contribution in [1.82, 2.24) is 0 Å². The van der Waals surface area contributed by atoms with Crippen LogP contribution in [0.15, 0.2) is 18.2 Å². The van der Waals surface area contributed by atoms with Gasteiger partial charge in [-0.15, -0.1) is 0 Å². The van der Waals surface area contributed by atoms with Gasteiger partial charge in [0.15, 0.2) is 0 Å². The molecule has 1 atom stereocenters. The third-order valence-electron chi connectivity index (χ3n) is 3.75. The summed E-state index contributed by atoms with van der Waals surface area (Å²) in [6, 6.07) is 5.02. The van der Waals surface area contributed by atoms with E-state index in [1.54, 1.807) is 23.1 Å². The van der Waals surface area contributed by atoms with Crippen molar-refractivity contribution in [1.29, 1.82) is 0 Å². The van der Waals surface area contributed by atoms with Crippen LogP contribution in [-0.4, -0.2) is 23.5 Å². The monoisotopic (exact) mass is 261 g/mol. The van der Waals surface area contributed by atoms with E-state index in [-0.39, 0.29) is 17.4 Å². The van der Waals surface area contributed by atoms with Gasteiger partial charge in [0, 0.05) is 18.2 Å². The van der Waals surface area contributed by atoms with Crippen molar-refractivity contribution < 1.29 is 14.7 Å². The minimum Gasteiger partial charge on any atom is -0.478 e. The summed E-state index contributed by atoms with van der Waals surface area (Å²) in [7, 11) is 0. The number of anilines is 1. The fraction of sp³-hybridized carbons (Fsp3) is 0.467. The highest BCUT2D eigenvalue weighted by Crippen LogP contribution is 2.29. The van der Waals surface area contributed by atoms with Gasteiger partial charge in [0.25, 0.3) is 0 Å². The molecule has 0 saturated carbocycles. The molecule has 2 rings (SSSR count). The summed E-state index contributed by atoms with van der Waals surface area (Å²) in [6.07, 6.45) is 2.54. The number of carbonyl (C=O) groups is 2. The number of rotatable bonds is 3. The summed E-state index contributed by atoms with van der Waals surface area (Å²) in [5, 5.41) is 9.01. The lowest BCUT2D eigenvalue weighted by molar-refractivity contribution is -0.122. The number of hydrogen-bond donors (Lipinski definition) is 1. The van der Waals surface area contributed by atoms with E-state index in [4.69, 9.17) is 5.11 Å². The predicted octanol–water partition coefficient (Wildman–Crippen LogP) is 2.71. The lowest BCUT2D eigenvalue weighted by atomic mass is 9.97. The van der Waals surface area contributed by atoms with Crippen LogP contribution in [0.25, 0.3) is 0 Å². The van der Waals surface area contributed by atoms with E-state index < -0.39 is 5.97 Å². The van der Waals surface area contributed by atoms with E-state index in [9.17, 15) is 9.59 Å². The van der Waals surface area contributed by atoms with Crippen LogP contribution < -0.4 is 4.90 Å². The molecule has 0 radical (unpaired) electrons. The first-order valence-electron chi connectivity index (χ1n) is 6.72. The minimum atomic E-state index is -0.923. The smallest absolute Gasteiger partial charge is 0.335 e. The third-order valence-corrected chi connectivity index (χ3v) is 3.75. The molecule has 0 fully saturated rings. The van der Waals surface area contributed by atoms with E-state index >= 15 is 0 Å². The molecule has 1 N–H and O–H groups in total. The van der Waals surface area contributed by atoms with Crippen molar-refractivity contribution >= 4 is 17.6 Å². The second-order valence-electron chi connectivity index (χ2n) is 5.05. The van der Waals surface area contributed by atoms with E-state index in [1.807, 2.05) is 13.8 Å². The Morgan fingerprint density at radius 1 is 1.42 bits per heavy atom. The van der Waals surface area contributed by atoms with E-state index in [0.29, 0.717) is 0 Å². The molecule has 0 aromatic heterocycles.